The van der Waals surface area contributed by atoms with Crippen LogP contribution in [0.4, 0.5) is 5.69 Å². The number of rotatable bonds is 11. The van der Waals surface area contributed by atoms with E-state index in [0.717, 1.165) is 30.9 Å². The molecule has 0 saturated carbocycles. The Kier molecular flexibility index (Phi) is 10.9. The van der Waals surface area contributed by atoms with Crippen molar-refractivity contribution in [1.29, 1.82) is 0 Å². The van der Waals surface area contributed by atoms with Gasteiger partial charge in [-0.05, 0) is 85.4 Å². The molecule has 0 unspecified atom stereocenters. The lowest BCUT2D eigenvalue weighted by Crippen LogP contribution is -2.28. The number of primary amides is 1. The zero-order valence-electron chi connectivity index (χ0n) is 21.7. The van der Waals surface area contributed by atoms with Crippen molar-refractivity contribution in [1.82, 2.24) is 4.90 Å². The number of ether oxygens (including phenoxy) is 2. The zero-order valence-corrected chi connectivity index (χ0v) is 24.1. The van der Waals surface area contributed by atoms with Crippen molar-refractivity contribution in [2.24, 2.45) is 5.73 Å². The summed E-state index contributed by atoms with van der Waals surface area (Å²) in [6.07, 6.45) is 1.81. The van der Waals surface area contributed by atoms with Gasteiger partial charge in [0.15, 0.2) is 4.32 Å². The SMILES string of the molecule is CCN(CC)CCOc1ccc(N2C(=O)/C(=C/c3ccc(Oc4ccc(C(N)=O)cc4)cc3)SC2=S)cc1.Cl. The maximum Gasteiger partial charge on any atom is 0.270 e. The molecule has 1 aliphatic heterocycles. The summed E-state index contributed by atoms with van der Waals surface area (Å²) in [4.78, 5) is 28.8. The van der Waals surface area contributed by atoms with Crippen molar-refractivity contribution < 1.29 is 19.1 Å². The normalized spacial score (nSPS) is 14.0. The highest BCUT2D eigenvalue weighted by atomic mass is 35.5. The number of carbonyl (C=O) groups excluding carboxylic acids is 2. The average Bonchev–Trinajstić information content (AvgIpc) is 3.20. The number of hydrogen-bond donors (Lipinski definition) is 1. The predicted molar refractivity (Wildman–Crippen MR) is 164 cm³/mol. The number of hydrogen-bond acceptors (Lipinski definition) is 7. The third-order valence-electron chi connectivity index (χ3n) is 6.01. The Morgan fingerprint density at radius 1 is 0.949 bits per heavy atom. The fourth-order valence-electron chi connectivity index (χ4n) is 3.82. The molecule has 1 saturated heterocycles. The van der Waals surface area contributed by atoms with E-state index in [0.29, 0.717) is 38.6 Å². The number of thioether (sulfide) groups is 1. The molecule has 39 heavy (non-hydrogen) atoms. The lowest BCUT2D eigenvalue weighted by atomic mass is 10.2. The molecular formula is C29H30ClN3O4S2. The van der Waals surface area contributed by atoms with Crippen LogP contribution < -0.4 is 20.1 Å². The molecule has 3 aromatic rings. The number of anilines is 1. The first-order valence-electron chi connectivity index (χ1n) is 12.3. The van der Waals surface area contributed by atoms with E-state index in [-0.39, 0.29) is 18.3 Å². The van der Waals surface area contributed by atoms with Gasteiger partial charge in [-0.2, -0.15) is 0 Å². The molecule has 2 N–H and O–H groups in total. The van der Waals surface area contributed by atoms with Gasteiger partial charge in [-0.3, -0.25) is 14.5 Å². The Morgan fingerprint density at radius 2 is 1.51 bits per heavy atom. The van der Waals surface area contributed by atoms with E-state index in [1.165, 1.54) is 11.8 Å². The van der Waals surface area contributed by atoms with Crippen molar-refractivity contribution in [3.8, 4) is 17.2 Å². The standard InChI is InChI=1S/C29H29N3O4S2.ClH/c1-3-31(4-2)17-18-35-23-15-9-22(10-16-23)32-28(34)26(38-29(32)37)19-20-5-11-24(12-6-20)36-25-13-7-21(8-14-25)27(30)33;/h5-16,19H,3-4,17-18H2,1-2H3,(H2,30,33);1H/b26-19-;. The second-order valence-electron chi connectivity index (χ2n) is 8.45. The molecule has 0 bridgehead atoms. The molecule has 204 valence electrons. The van der Waals surface area contributed by atoms with Gasteiger partial charge >= 0.3 is 0 Å². The van der Waals surface area contributed by atoms with Crippen LogP contribution in [0.1, 0.15) is 29.8 Å². The summed E-state index contributed by atoms with van der Waals surface area (Å²) >= 11 is 6.78. The molecule has 1 aliphatic rings. The summed E-state index contributed by atoms with van der Waals surface area (Å²) in [6.45, 7) is 7.73. The number of nitrogens with zero attached hydrogens (tertiary/aromatic N) is 2. The van der Waals surface area contributed by atoms with Gasteiger partial charge in [-0.15, -0.1) is 12.4 Å². The van der Waals surface area contributed by atoms with Crippen molar-refractivity contribution in [3.63, 3.8) is 0 Å². The summed E-state index contributed by atoms with van der Waals surface area (Å²) < 4.78 is 12.2. The van der Waals surface area contributed by atoms with Gasteiger partial charge in [0.25, 0.3) is 5.91 Å². The largest absolute Gasteiger partial charge is 0.492 e. The molecule has 4 rings (SSSR count). The molecule has 1 heterocycles. The third kappa shape index (κ3) is 7.83. The number of nitrogens with two attached hydrogens (primary N) is 1. The Labute approximate surface area is 244 Å². The highest BCUT2D eigenvalue weighted by Gasteiger charge is 2.33. The van der Waals surface area contributed by atoms with Crippen molar-refractivity contribution >= 4 is 64.3 Å². The maximum absolute atomic E-state index is 13.2. The van der Waals surface area contributed by atoms with Crippen molar-refractivity contribution in [2.45, 2.75) is 13.8 Å². The van der Waals surface area contributed by atoms with E-state index < -0.39 is 5.91 Å². The zero-order chi connectivity index (χ0) is 27.1. The topological polar surface area (TPSA) is 85.1 Å². The lowest BCUT2D eigenvalue weighted by Gasteiger charge is -2.18. The quantitative estimate of drug-likeness (QED) is 0.215. The highest BCUT2D eigenvalue weighted by molar-refractivity contribution is 8.27. The number of likely N-dealkylation sites (N-methyl/N-ethyl adjacent to an activating group) is 1. The van der Waals surface area contributed by atoms with E-state index >= 15 is 0 Å². The van der Waals surface area contributed by atoms with Crippen LogP contribution >= 0.6 is 36.4 Å². The molecule has 1 fully saturated rings. The van der Waals surface area contributed by atoms with Gasteiger partial charge < -0.3 is 20.1 Å². The second kappa shape index (κ2) is 14.1. The molecule has 10 heteroatoms. The number of benzene rings is 3. The van der Waals surface area contributed by atoms with E-state index in [2.05, 4.69) is 18.7 Å². The third-order valence-corrected chi connectivity index (χ3v) is 7.31. The minimum atomic E-state index is -0.487. The van der Waals surface area contributed by atoms with Crippen LogP contribution in [-0.2, 0) is 4.79 Å². The first kappa shape index (κ1) is 30.2. The highest BCUT2D eigenvalue weighted by Crippen LogP contribution is 2.36. The van der Waals surface area contributed by atoms with Crippen LogP contribution in [0.3, 0.4) is 0 Å². The fraction of sp³-hybridized carbons (Fsp3) is 0.207. The summed E-state index contributed by atoms with van der Waals surface area (Å²) in [6, 6.07) is 21.4. The smallest absolute Gasteiger partial charge is 0.270 e. The number of thiocarbonyl (C=S) groups is 1. The Bertz CT molecular complexity index is 1330. The minimum absolute atomic E-state index is 0. The second-order valence-corrected chi connectivity index (χ2v) is 10.1. The first-order chi connectivity index (χ1) is 18.4. The van der Waals surface area contributed by atoms with Crippen LogP contribution in [0.25, 0.3) is 6.08 Å². The van der Waals surface area contributed by atoms with E-state index in [9.17, 15) is 9.59 Å². The van der Waals surface area contributed by atoms with E-state index in [1.807, 2.05) is 54.6 Å². The van der Waals surface area contributed by atoms with Gasteiger partial charge in [-0.25, -0.2) is 0 Å². The molecule has 0 atom stereocenters. The number of amides is 2. The van der Waals surface area contributed by atoms with Gasteiger partial charge in [0.1, 0.15) is 23.9 Å². The van der Waals surface area contributed by atoms with Crippen LogP contribution in [-0.4, -0.2) is 47.3 Å². The van der Waals surface area contributed by atoms with Crippen LogP contribution in [0, 0.1) is 0 Å². The molecule has 0 aromatic heterocycles. The molecule has 0 aliphatic carbocycles. The van der Waals surface area contributed by atoms with E-state index in [1.54, 1.807) is 29.2 Å². The summed E-state index contributed by atoms with van der Waals surface area (Å²) in [5.74, 6) is 1.32. The average molecular weight is 584 g/mol. The Hall–Kier alpha value is -3.37. The molecule has 2 amide bonds. The minimum Gasteiger partial charge on any atom is -0.492 e. The van der Waals surface area contributed by atoms with Gasteiger partial charge in [-0.1, -0.05) is 50.0 Å². The van der Waals surface area contributed by atoms with Crippen LogP contribution in [0.15, 0.2) is 77.7 Å². The van der Waals surface area contributed by atoms with Crippen molar-refractivity contribution in [2.75, 3.05) is 31.1 Å². The van der Waals surface area contributed by atoms with Gasteiger partial charge in [0, 0.05) is 12.1 Å². The monoisotopic (exact) mass is 583 g/mol. The molecular weight excluding hydrogens is 554 g/mol. The van der Waals surface area contributed by atoms with Crippen LogP contribution in [0.2, 0.25) is 0 Å². The molecule has 0 radical (unpaired) electrons. The van der Waals surface area contributed by atoms with Gasteiger partial charge in [0.05, 0.1) is 10.6 Å². The Balaban J connectivity index is 0.00000420. The lowest BCUT2D eigenvalue weighted by molar-refractivity contribution is -0.113. The van der Waals surface area contributed by atoms with Crippen LogP contribution in [0.5, 0.6) is 17.2 Å². The van der Waals surface area contributed by atoms with E-state index in [4.69, 9.17) is 27.4 Å². The molecule has 3 aromatic carbocycles. The summed E-state index contributed by atoms with van der Waals surface area (Å²) in [7, 11) is 0. The Morgan fingerprint density at radius 3 is 2.08 bits per heavy atom. The maximum atomic E-state index is 13.2. The number of carbonyl (C=O) groups is 2. The van der Waals surface area contributed by atoms with Crippen molar-refractivity contribution in [3.05, 3.63) is 88.8 Å². The number of halogens is 1. The molecule has 7 nitrogen and oxygen atoms in total. The predicted octanol–water partition coefficient (Wildman–Crippen LogP) is 6.13. The van der Waals surface area contributed by atoms with Gasteiger partial charge in [0.2, 0.25) is 5.91 Å². The molecule has 0 spiro atoms. The first-order valence-corrected chi connectivity index (χ1v) is 13.5. The summed E-state index contributed by atoms with van der Waals surface area (Å²) in [5, 5.41) is 0. The fourth-order valence-corrected chi connectivity index (χ4v) is 5.12. The summed E-state index contributed by atoms with van der Waals surface area (Å²) in [5.41, 5.74) is 7.24.